The molecule has 5 heteroatoms. The number of thiocarbonyl (C=S) groups is 1. The van der Waals surface area contributed by atoms with Gasteiger partial charge in [-0.1, -0.05) is 0 Å². The van der Waals surface area contributed by atoms with Crippen molar-refractivity contribution in [3.05, 3.63) is 29.6 Å². The third-order valence-corrected chi connectivity index (χ3v) is 3.20. The summed E-state index contributed by atoms with van der Waals surface area (Å²) in [6.45, 7) is 3.39. The molecule has 0 radical (unpaired) electrons. The van der Waals surface area contributed by atoms with Crippen molar-refractivity contribution < 1.29 is 9.13 Å². The molecule has 18 heavy (non-hydrogen) atoms. The first-order valence-electron chi connectivity index (χ1n) is 6.08. The molecule has 1 aromatic rings. The highest BCUT2D eigenvalue weighted by molar-refractivity contribution is 7.80. The summed E-state index contributed by atoms with van der Waals surface area (Å²) in [5.74, 6) is -0.240. The molecule has 0 aromatic heterocycles. The topological polar surface area (TPSA) is 33.3 Å². The first-order valence-corrected chi connectivity index (χ1v) is 6.48. The fourth-order valence-electron chi connectivity index (χ4n) is 1.95. The zero-order chi connectivity index (χ0) is 13.0. The van der Waals surface area contributed by atoms with E-state index in [1.807, 2.05) is 6.92 Å². The van der Waals surface area contributed by atoms with Gasteiger partial charge in [-0.15, -0.1) is 0 Å². The lowest BCUT2D eigenvalue weighted by Crippen LogP contribution is -2.34. The lowest BCUT2D eigenvalue weighted by atomic mass is 10.2. The van der Waals surface area contributed by atoms with Crippen molar-refractivity contribution in [2.75, 3.05) is 18.5 Å². The van der Waals surface area contributed by atoms with Gasteiger partial charge in [-0.05, 0) is 55.7 Å². The van der Waals surface area contributed by atoms with Gasteiger partial charge < -0.3 is 15.4 Å². The molecule has 1 unspecified atom stereocenters. The van der Waals surface area contributed by atoms with Crippen LogP contribution in [0, 0.1) is 12.7 Å². The Morgan fingerprint density at radius 3 is 3.06 bits per heavy atom. The fourth-order valence-corrected chi connectivity index (χ4v) is 2.14. The molecular formula is C13H17FN2OS. The Bertz CT molecular complexity index is 433. The summed E-state index contributed by atoms with van der Waals surface area (Å²) in [5.41, 5.74) is 1.65. The van der Waals surface area contributed by atoms with Crippen LogP contribution in [0.5, 0.6) is 0 Å². The van der Waals surface area contributed by atoms with Crippen LogP contribution in [0.4, 0.5) is 10.1 Å². The van der Waals surface area contributed by atoms with E-state index in [-0.39, 0.29) is 11.9 Å². The Morgan fingerprint density at radius 2 is 2.39 bits per heavy atom. The Labute approximate surface area is 112 Å². The molecule has 1 heterocycles. The van der Waals surface area contributed by atoms with Crippen LogP contribution < -0.4 is 10.6 Å². The summed E-state index contributed by atoms with van der Waals surface area (Å²) < 4.78 is 18.4. The molecule has 0 aliphatic carbocycles. The minimum atomic E-state index is -0.240. The van der Waals surface area contributed by atoms with Crippen LogP contribution in [0.3, 0.4) is 0 Å². The Kier molecular flexibility index (Phi) is 4.49. The number of hydrogen-bond donors (Lipinski definition) is 2. The minimum absolute atomic E-state index is 0.240. The Balaban J connectivity index is 1.82. The van der Waals surface area contributed by atoms with Gasteiger partial charge in [0, 0.05) is 18.8 Å². The van der Waals surface area contributed by atoms with Crippen molar-refractivity contribution in [1.29, 1.82) is 0 Å². The van der Waals surface area contributed by atoms with Gasteiger partial charge in [-0.25, -0.2) is 4.39 Å². The number of benzene rings is 1. The normalized spacial score (nSPS) is 18.7. The van der Waals surface area contributed by atoms with Crippen molar-refractivity contribution in [2.24, 2.45) is 0 Å². The summed E-state index contributed by atoms with van der Waals surface area (Å²) in [6.07, 6.45) is 2.44. The largest absolute Gasteiger partial charge is 0.376 e. The van der Waals surface area contributed by atoms with Gasteiger partial charge in [0.15, 0.2) is 5.11 Å². The lowest BCUT2D eigenvalue weighted by molar-refractivity contribution is 0.114. The number of hydrogen-bond acceptors (Lipinski definition) is 2. The summed E-state index contributed by atoms with van der Waals surface area (Å²) in [5, 5.41) is 6.72. The molecular weight excluding hydrogens is 251 g/mol. The van der Waals surface area contributed by atoms with E-state index in [4.69, 9.17) is 17.0 Å². The maximum atomic E-state index is 12.9. The van der Waals surface area contributed by atoms with Crippen molar-refractivity contribution in [1.82, 2.24) is 5.32 Å². The monoisotopic (exact) mass is 268 g/mol. The Morgan fingerprint density at radius 1 is 1.56 bits per heavy atom. The summed E-state index contributed by atoms with van der Waals surface area (Å²) in [6, 6.07) is 4.58. The number of rotatable bonds is 3. The van der Waals surface area contributed by atoms with Crippen molar-refractivity contribution in [3.8, 4) is 0 Å². The third kappa shape index (κ3) is 3.65. The van der Waals surface area contributed by atoms with Gasteiger partial charge in [0.05, 0.1) is 6.10 Å². The molecule has 0 amide bonds. The van der Waals surface area contributed by atoms with Crippen LogP contribution in [0.25, 0.3) is 0 Å². The molecule has 1 aliphatic rings. The van der Waals surface area contributed by atoms with Gasteiger partial charge >= 0.3 is 0 Å². The van der Waals surface area contributed by atoms with Crippen molar-refractivity contribution >= 4 is 23.0 Å². The highest BCUT2D eigenvalue weighted by atomic mass is 32.1. The Hall–Kier alpha value is -1.20. The SMILES string of the molecule is Cc1cc(F)ccc1NC(=S)NCC1CCCO1. The zero-order valence-corrected chi connectivity index (χ0v) is 11.1. The van der Waals surface area contributed by atoms with Crippen LogP contribution in [0.1, 0.15) is 18.4 Å². The van der Waals surface area contributed by atoms with E-state index in [2.05, 4.69) is 10.6 Å². The predicted octanol–water partition coefficient (Wildman–Crippen LogP) is 2.60. The van der Waals surface area contributed by atoms with E-state index >= 15 is 0 Å². The molecule has 1 aliphatic heterocycles. The smallest absolute Gasteiger partial charge is 0.170 e. The standard InChI is InChI=1S/C13H17FN2OS/c1-9-7-10(14)4-5-12(9)16-13(18)15-8-11-3-2-6-17-11/h4-5,7,11H,2-3,6,8H2,1H3,(H2,15,16,18). The van der Waals surface area contributed by atoms with E-state index in [0.717, 1.165) is 30.7 Å². The lowest BCUT2D eigenvalue weighted by Gasteiger charge is -2.15. The van der Waals surface area contributed by atoms with Gasteiger partial charge in [-0.3, -0.25) is 0 Å². The van der Waals surface area contributed by atoms with Gasteiger partial charge in [-0.2, -0.15) is 0 Å². The van der Waals surface area contributed by atoms with Crippen LogP contribution in [0.2, 0.25) is 0 Å². The third-order valence-electron chi connectivity index (χ3n) is 2.95. The van der Waals surface area contributed by atoms with E-state index in [1.165, 1.54) is 12.1 Å². The van der Waals surface area contributed by atoms with Crippen LogP contribution >= 0.6 is 12.2 Å². The van der Waals surface area contributed by atoms with Gasteiger partial charge in [0.1, 0.15) is 5.82 Å². The second kappa shape index (κ2) is 6.11. The zero-order valence-electron chi connectivity index (χ0n) is 10.3. The van der Waals surface area contributed by atoms with Gasteiger partial charge in [0.25, 0.3) is 0 Å². The average molecular weight is 268 g/mol. The van der Waals surface area contributed by atoms with E-state index < -0.39 is 0 Å². The number of halogens is 1. The van der Waals surface area contributed by atoms with Crippen LogP contribution in [-0.4, -0.2) is 24.4 Å². The number of ether oxygens (including phenoxy) is 1. The maximum absolute atomic E-state index is 12.9. The quantitative estimate of drug-likeness (QED) is 0.826. The minimum Gasteiger partial charge on any atom is -0.376 e. The maximum Gasteiger partial charge on any atom is 0.170 e. The second-order valence-electron chi connectivity index (χ2n) is 4.43. The number of anilines is 1. The van der Waals surface area contributed by atoms with Crippen LogP contribution in [0.15, 0.2) is 18.2 Å². The van der Waals surface area contributed by atoms with E-state index in [1.54, 1.807) is 6.07 Å². The molecule has 98 valence electrons. The molecule has 1 atom stereocenters. The molecule has 1 aromatic carbocycles. The molecule has 1 saturated heterocycles. The number of nitrogens with one attached hydrogen (secondary N) is 2. The van der Waals surface area contributed by atoms with Crippen molar-refractivity contribution in [2.45, 2.75) is 25.9 Å². The first-order chi connectivity index (χ1) is 8.65. The van der Waals surface area contributed by atoms with Crippen LogP contribution in [-0.2, 0) is 4.74 Å². The van der Waals surface area contributed by atoms with Crippen molar-refractivity contribution in [3.63, 3.8) is 0 Å². The molecule has 0 spiro atoms. The fraction of sp³-hybridized carbons (Fsp3) is 0.462. The molecule has 2 N–H and O–H groups in total. The molecule has 2 rings (SSSR count). The van der Waals surface area contributed by atoms with Gasteiger partial charge in [0.2, 0.25) is 0 Å². The predicted molar refractivity (Wildman–Crippen MR) is 74.3 cm³/mol. The molecule has 0 bridgehead atoms. The first kappa shape index (κ1) is 13.2. The van der Waals surface area contributed by atoms with E-state index in [0.29, 0.717) is 11.7 Å². The molecule has 3 nitrogen and oxygen atoms in total. The summed E-state index contributed by atoms with van der Waals surface area (Å²) in [4.78, 5) is 0. The summed E-state index contributed by atoms with van der Waals surface area (Å²) >= 11 is 5.19. The highest BCUT2D eigenvalue weighted by Gasteiger charge is 2.15. The highest BCUT2D eigenvalue weighted by Crippen LogP contribution is 2.15. The molecule has 0 saturated carbocycles. The van der Waals surface area contributed by atoms with E-state index in [9.17, 15) is 4.39 Å². The molecule has 1 fully saturated rings. The summed E-state index contributed by atoms with van der Waals surface area (Å²) in [7, 11) is 0. The average Bonchev–Trinajstić information content (AvgIpc) is 2.83. The second-order valence-corrected chi connectivity index (χ2v) is 4.84. The number of aryl methyl sites for hydroxylation is 1.